The number of nitrogens with zero attached hydrogens (tertiary/aromatic N) is 3. The molecular formula is C16H20N3O4S-. The molecule has 1 aromatic heterocycles. The molecule has 0 amide bonds. The van der Waals surface area contributed by atoms with E-state index < -0.39 is 5.97 Å². The van der Waals surface area contributed by atoms with E-state index in [0.29, 0.717) is 37.1 Å². The van der Waals surface area contributed by atoms with E-state index >= 15 is 0 Å². The second-order valence-corrected chi connectivity index (χ2v) is 5.85. The Kier molecular flexibility index (Phi) is 6.95. The van der Waals surface area contributed by atoms with E-state index in [1.54, 1.807) is 14.2 Å². The summed E-state index contributed by atoms with van der Waals surface area (Å²) in [5, 5.41) is 11.4. The van der Waals surface area contributed by atoms with Gasteiger partial charge in [0.15, 0.2) is 0 Å². The zero-order chi connectivity index (χ0) is 17.4. The van der Waals surface area contributed by atoms with Crippen LogP contribution in [0.5, 0.6) is 5.75 Å². The number of ether oxygens (including phenoxy) is 2. The number of aliphatic carboxylic acids is 1. The summed E-state index contributed by atoms with van der Waals surface area (Å²) in [6, 6.07) is 7.74. The van der Waals surface area contributed by atoms with Crippen LogP contribution in [0.25, 0.3) is 0 Å². The van der Waals surface area contributed by atoms with Gasteiger partial charge in [-0.2, -0.15) is 4.37 Å². The summed E-state index contributed by atoms with van der Waals surface area (Å²) in [7, 11) is 3.23. The summed E-state index contributed by atoms with van der Waals surface area (Å²) in [5.41, 5.74) is 1.05. The van der Waals surface area contributed by atoms with Crippen LogP contribution < -0.4 is 14.7 Å². The number of carboxylic acid groups (broad SMARTS) is 1. The van der Waals surface area contributed by atoms with Crippen LogP contribution in [0.4, 0.5) is 5.13 Å². The van der Waals surface area contributed by atoms with Gasteiger partial charge in [-0.15, -0.1) is 0 Å². The molecule has 1 aromatic carbocycles. The van der Waals surface area contributed by atoms with Crippen molar-refractivity contribution < 1.29 is 19.4 Å². The Bertz CT molecular complexity index is 662. The van der Waals surface area contributed by atoms with Gasteiger partial charge >= 0.3 is 0 Å². The van der Waals surface area contributed by atoms with Crippen molar-refractivity contribution in [1.29, 1.82) is 0 Å². The number of carbonyl (C=O) groups is 1. The van der Waals surface area contributed by atoms with Crippen molar-refractivity contribution in [2.75, 3.05) is 38.8 Å². The number of anilines is 1. The number of hydrogen-bond acceptors (Lipinski definition) is 8. The topological polar surface area (TPSA) is 87.6 Å². The van der Waals surface area contributed by atoms with E-state index in [1.807, 2.05) is 29.2 Å². The van der Waals surface area contributed by atoms with Crippen molar-refractivity contribution in [1.82, 2.24) is 9.36 Å². The minimum Gasteiger partial charge on any atom is -0.550 e. The molecule has 2 rings (SSSR count). The molecule has 0 unspecified atom stereocenters. The summed E-state index contributed by atoms with van der Waals surface area (Å²) in [4.78, 5) is 17.1. The Morgan fingerprint density at radius 3 is 2.88 bits per heavy atom. The third-order valence-corrected chi connectivity index (χ3v) is 4.19. The average Bonchev–Trinajstić information content (AvgIpc) is 3.03. The maximum atomic E-state index is 10.7. The highest BCUT2D eigenvalue weighted by atomic mass is 32.1. The van der Waals surface area contributed by atoms with Gasteiger partial charge in [0.25, 0.3) is 0 Å². The van der Waals surface area contributed by atoms with Crippen LogP contribution >= 0.6 is 11.5 Å². The first kappa shape index (κ1) is 18.2. The fourth-order valence-corrected chi connectivity index (χ4v) is 2.88. The molecule has 2 aromatic rings. The number of benzene rings is 1. The molecule has 0 atom stereocenters. The number of rotatable bonds is 10. The van der Waals surface area contributed by atoms with Gasteiger partial charge in [-0.3, -0.25) is 0 Å². The molecule has 0 aliphatic rings. The standard InChI is InChI=1S/C16H21N3O4S/c1-22-9-8-19(7-6-15(20)21)16-17-14(18-24-16)11-12-4-3-5-13(10-12)23-2/h3-5,10H,6-9,11H2,1-2H3,(H,20,21)/p-1. The van der Waals surface area contributed by atoms with E-state index in [2.05, 4.69) is 9.36 Å². The molecule has 0 saturated carbocycles. The molecule has 7 nitrogen and oxygen atoms in total. The lowest BCUT2D eigenvalue weighted by atomic mass is 10.1. The van der Waals surface area contributed by atoms with Crippen LogP contribution in [-0.2, 0) is 16.0 Å². The SMILES string of the molecule is COCCN(CCC(=O)[O-])c1nc(Cc2cccc(OC)c2)ns1. The monoisotopic (exact) mass is 350 g/mol. The molecule has 0 bridgehead atoms. The third kappa shape index (κ3) is 5.47. The zero-order valence-electron chi connectivity index (χ0n) is 13.7. The van der Waals surface area contributed by atoms with Gasteiger partial charge < -0.3 is 24.3 Å². The number of hydrogen-bond donors (Lipinski definition) is 0. The van der Waals surface area contributed by atoms with Crippen molar-refractivity contribution in [3.8, 4) is 5.75 Å². The van der Waals surface area contributed by atoms with Crippen LogP contribution in [0.15, 0.2) is 24.3 Å². The molecule has 24 heavy (non-hydrogen) atoms. The first-order valence-corrected chi connectivity index (χ1v) is 8.29. The summed E-state index contributed by atoms with van der Waals surface area (Å²) in [5.74, 6) is 0.399. The van der Waals surface area contributed by atoms with E-state index in [-0.39, 0.29) is 6.42 Å². The highest BCUT2D eigenvalue weighted by Crippen LogP contribution is 2.20. The molecule has 8 heteroatoms. The summed E-state index contributed by atoms with van der Waals surface area (Å²) in [6.45, 7) is 1.36. The fourth-order valence-electron chi connectivity index (χ4n) is 2.14. The quantitative estimate of drug-likeness (QED) is 0.624. The normalized spacial score (nSPS) is 10.6. The van der Waals surface area contributed by atoms with Gasteiger partial charge in [0.2, 0.25) is 5.13 Å². The van der Waals surface area contributed by atoms with Gasteiger partial charge in [-0.1, -0.05) is 12.1 Å². The van der Waals surface area contributed by atoms with Gasteiger partial charge in [-0.25, -0.2) is 4.98 Å². The Labute approximate surface area is 145 Å². The van der Waals surface area contributed by atoms with E-state index in [9.17, 15) is 9.90 Å². The fraction of sp³-hybridized carbons (Fsp3) is 0.438. The number of methoxy groups -OCH3 is 2. The van der Waals surface area contributed by atoms with Gasteiger partial charge in [0.1, 0.15) is 11.6 Å². The van der Waals surface area contributed by atoms with Crippen LogP contribution in [0.3, 0.4) is 0 Å². The minimum absolute atomic E-state index is 0.0610. The van der Waals surface area contributed by atoms with Gasteiger partial charge in [0, 0.05) is 50.5 Å². The van der Waals surface area contributed by atoms with Crippen molar-refractivity contribution >= 4 is 22.6 Å². The van der Waals surface area contributed by atoms with Crippen molar-refractivity contribution in [2.45, 2.75) is 12.8 Å². The zero-order valence-corrected chi connectivity index (χ0v) is 14.5. The third-order valence-electron chi connectivity index (χ3n) is 3.38. The lowest BCUT2D eigenvalue weighted by Crippen LogP contribution is -2.33. The highest BCUT2D eigenvalue weighted by Gasteiger charge is 2.13. The number of carboxylic acids is 1. The lowest BCUT2D eigenvalue weighted by molar-refractivity contribution is -0.305. The van der Waals surface area contributed by atoms with Crippen molar-refractivity contribution in [2.24, 2.45) is 0 Å². The molecule has 0 aliphatic carbocycles. The lowest BCUT2D eigenvalue weighted by Gasteiger charge is -2.21. The maximum Gasteiger partial charge on any atom is 0.205 e. The molecule has 0 N–H and O–H groups in total. The molecule has 130 valence electrons. The average molecular weight is 350 g/mol. The van der Waals surface area contributed by atoms with Gasteiger partial charge in [-0.05, 0) is 17.7 Å². The summed E-state index contributed by atoms with van der Waals surface area (Å²) in [6.07, 6.45) is 0.529. The van der Waals surface area contributed by atoms with Crippen molar-refractivity contribution in [3.63, 3.8) is 0 Å². The molecule has 1 heterocycles. The Morgan fingerprint density at radius 2 is 2.17 bits per heavy atom. The minimum atomic E-state index is -1.08. The Balaban J connectivity index is 2.06. The van der Waals surface area contributed by atoms with E-state index in [1.165, 1.54) is 11.5 Å². The molecule has 0 saturated heterocycles. The smallest absolute Gasteiger partial charge is 0.205 e. The van der Waals surface area contributed by atoms with Gasteiger partial charge in [0.05, 0.1) is 13.7 Å². The summed E-state index contributed by atoms with van der Waals surface area (Å²) >= 11 is 1.25. The molecule has 0 aliphatic heterocycles. The Hall–Kier alpha value is -2.19. The molecule has 0 fully saturated rings. The van der Waals surface area contributed by atoms with Crippen molar-refractivity contribution in [3.05, 3.63) is 35.7 Å². The van der Waals surface area contributed by atoms with E-state index in [0.717, 1.165) is 11.3 Å². The number of aromatic nitrogens is 2. The van der Waals surface area contributed by atoms with Crippen LogP contribution in [0.1, 0.15) is 17.8 Å². The second-order valence-electron chi connectivity index (χ2n) is 5.12. The largest absolute Gasteiger partial charge is 0.550 e. The highest BCUT2D eigenvalue weighted by molar-refractivity contribution is 7.09. The second kappa shape index (κ2) is 9.19. The van der Waals surface area contributed by atoms with E-state index in [4.69, 9.17) is 9.47 Å². The number of carbonyl (C=O) groups excluding carboxylic acids is 1. The predicted octanol–water partition coefficient (Wildman–Crippen LogP) is 0.730. The molecule has 0 radical (unpaired) electrons. The molecular weight excluding hydrogens is 330 g/mol. The first-order valence-electron chi connectivity index (χ1n) is 7.51. The molecule has 0 spiro atoms. The first-order chi connectivity index (χ1) is 11.6. The summed E-state index contributed by atoms with van der Waals surface area (Å²) < 4.78 is 14.6. The Morgan fingerprint density at radius 1 is 1.33 bits per heavy atom. The van der Waals surface area contributed by atoms with Crippen LogP contribution in [0.2, 0.25) is 0 Å². The maximum absolute atomic E-state index is 10.7. The van der Waals surface area contributed by atoms with Crippen LogP contribution in [-0.4, -0.2) is 49.2 Å². The predicted molar refractivity (Wildman–Crippen MR) is 89.4 cm³/mol. The van der Waals surface area contributed by atoms with Crippen LogP contribution in [0, 0.1) is 0 Å².